The minimum atomic E-state index is -0.440. The molecule has 17 heavy (non-hydrogen) atoms. The fourth-order valence-electron chi connectivity index (χ4n) is 1.58. The molecular weight excluding hydrogens is 216 g/mol. The van der Waals surface area contributed by atoms with Crippen LogP contribution in [0.4, 0.5) is 0 Å². The van der Waals surface area contributed by atoms with Crippen molar-refractivity contribution < 1.29 is 9.53 Å². The Morgan fingerprint density at radius 3 is 2.82 bits per heavy atom. The van der Waals surface area contributed by atoms with E-state index < -0.39 is 6.04 Å². The first kappa shape index (κ1) is 13.5. The predicted molar refractivity (Wildman–Crippen MR) is 68.0 cm³/mol. The number of nitrogens with two attached hydrogens (primary N) is 1. The average molecular weight is 236 g/mol. The Labute approximate surface area is 102 Å². The predicted octanol–water partition coefficient (Wildman–Crippen LogP) is 1.04. The number of methoxy groups -OCH3 is 1. The van der Waals surface area contributed by atoms with E-state index in [9.17, 15) is 4.79 Å². The number of amides is 1. The van der Waals surface area contributed by atoms with E-state index in [2.05, 4.69) is 0 Å². The third kappa shape index (κ3) is 4.07. The molecule has 0 saturated heterocycles. The zero-order valence-corrected chi connectivity index (χ0v) is 10.6. The maximum Gasteiger partial charge on any atom is 0.238 e. The molecule has 1 atom stereocenters. The van der Waals surface area contributed by atoms with Crippen LogP contribution in [0, 0.1) is 0 Å². The number of nitrogens with zero attached hydrogens (tertiary/aromatic N) is 1. The summed E-state index contributed by atoms with van der Waals surface area (Å²) in [5.41, 5.74) is 6.69. The summed E-state index contributed by atoms with van der Waals surface area (Å²) in [5, 5.41) is 0. The van der Waals surface area contributed by atoms with Gasteiger partial charge in [-0.3, -0.25) is 4.79 Å². The van der Waals surface area contributed by atoms with Gasteiger partial charge >= 0.3 is 0 Å². The van der Waals surface area contributed by atoms with E-state index >= 15 is 0 Å². The van der Waals surface area contributed by atoms with Crippen molar-refractivity contribution in [2.75, 3.05) is 20.7 Å². The van der Waals surface area contributed by atoms with E-state index in [1.54, 1.807) is 26.0 Å². The zero-order valence-electron chi connectivity index (χ0n) is 10.6. The van der Waals surface area contributed by atoms with Crippen LogP contribution in [0.5, 0.6) is 5.75 Å². The summed E-state index contributed by atoms with van der Waals surface area (Å²) >= 11 is 0. The summed E-state index contributed by atoms with van der Waals surface area (Å²) in [6.45, 7) is 2.36. The maximum atomic E-state index is 11.6. The molecule has 0 fully saturated rings. The van der Waals surface area contributed by atoms with Gasteiger partial charge in [0.15, 0.2) is 0 Å². The van der Waals surface area contributed by atoms with Crippen molar-refractivity contribution in [3.63, 3.8) is 0 Å². The first-order valence-corrected chi connectivity index (χ1v) is 5.68. The normalized spacial score (nSPS) is 12.0. The number of carbonyl (C=O) groups excluding carboxylic acids is 1. The Bertz CT molecular complexity index is 377. The number of ether oxygens (including phenoxy) is 1. The Morgan fingerprint density at radius 2 is 2.24 bits per heavy atom. The van der Waals surface area contributed by atoms with E-state index in [0.717, 1.165) is 17.7 Å². The van der Waals surface area contributed by atoms with Crippen molar-refractivity contribution in [3.8, 4) is 5.75 Å². The van der Waals surface area contributed by atoms with Crippen LogP contribution >= 0.6 is 0 Å². The van der Waals surface area contributed by atoms with E-state index in [1.165, 1.54) is 0 Å². The molecule has 1 aromatic rings. The van der Waals surface area contributed by atoms with Gasteiger partial charge in [0, 0.05) is 13.6 Å². The fourth-order valence-corrected chi connectivity index (χ4v) is 1.58. The summed E-state index contributed by atoms with van der Waals surface area (Å²) in [7, 11) is 3.41. The minimum absolute atomic E-state index is 0.0344. The van der Waals surface area contributed by atoms with E-state index in [1.807, 2.05) is 24.3 Å². The van der Waals surface area contributed by atoms with Crippen LogP contribution in [-0.4, -0.2) is 37.6 Å². The second-order valence-corrected chi connectivity index (χ2v) is 4.15. The number of hydrogen-bond donors (Lipinski definition) is 1. The van der Waals surface area contributed by atoms with Gasteiger partial charge in [-0.2, -0.15) is 0 Å². The first-order chi connectivity index (χ1) is 8.04. The highest BCUT2D eigenvalue weighted by atomic mass is 16.5. The molecule has 0 saturated carbocycles. The first-order valence-electron chi connectivity index (χ1n) is 5.68. The molecule has 1 unspecified atom stereocenters. The lowest BCUT2D eigenvalue weighted by atomic mass is 10.1. The Kier molecular flexibility index (Phi) is 4.97. The van der Waals surface area contributed by atoms with Crippen LogP contribution in [0.2, 0.25) is 0 Å². The Morgan fingerprint density at radius 1 is 1.53 bits per heavy atom. The van der Waals surface area contributed by atoms with Crippen molar-refractivity contribution in [1.29, 1.82) is 0 Å². The van der Waals surface area contributed by atoms with Gasteiger partial charge in [-0.05, 0) is 31.0 Å². The number of hydrogen-bond acceptors (Lipinski definition) is 3. The molecule has 2 N–H and O–H groups in total. The van der Waals surface area contributed by atoms with Crippen LogP contribution in [-0.2, 0) is 11.2 Å². The highest BCUT2D eigenvalue weighted by Crippen LogP contribution is 2.13. The molecule has 0 spiro atoms. The highest BCUT2D eigenvalue weighted by Gasteiger charge is 2.12. The molecule has 0 aliphatic carbocycles. The highest BCUT2D eigenvalue weighted by molar-refractivity contribution is 5.80. The van der Waals surface area contributed by atoms with Crippen molar-refractivity contribution in [2.45, 2.75) is 19.4 Å². The minimum Gasteiger partial charge on any atom is -0.497 e. The van der Waals surface area contributed by atoms with Crippen molar-refractivity contribution in [2.24, 2.45) is 5.73 Å². The van der Waals surface area contributed by atoms with E-state index in [4.69, 9.17) is 10.5 Å². The smallest absolute Gasteiger partial charge is 0.238 e. The molecule has 0 radical (unpaired) electrons. The van der Waals surface area contributed by atoms with Gasteiger partial charge < -0.3 is 15.4 Å². The summed E-state index contributed by atoms with van der Waals surface area (Å²) in [6, 6.07) is 7.41. The summed E-state index contributed by atoms with van der Waals surface area (Å²) in [5.74, 6) is 0.802. The van der Waals surface area contributed by atoms with Gasteiger partial charge in [-0.25, -0.2) is 0 Å². The molecule has 1 amide bonds. The molecule has 1 rings (SSSR count). The Hall–Kier alpha value is -1.55. The number of benzene rings is 1. The van der Waals surface area contributed by atoms with Gasteiger partial charge in [-0.15, -0.1) is 0 Å². The number of likely N-dealkylation sites (N-methyl/N-ethyl adjacent to an activating group) is 1. The molecule has 0 heterocycles. The van der Waals surface area contributed by atoms with Crippen LogP contribution in [0.3, 0.4) is 0 Å². The zero-order chi connectivity index (χ0) is 12.8. The molecule has 0 bridgehead atoms. The van der Waals surface area contributed by atoms with Crippen molar-refractivity contribution in [3.05, 3.63) is 29.8 Å². The van der Waals surface area contributed by atoms with Gasteiger partial charge in [0.25, 0.3) is 0 Å². The lowest BCUT2D eigenvalue weighted by Gasteiger charge is -2.19. The fraction of sp³-hybridized carbons (Fsp3) is 0.462. The second-order valence-electron chi connectivity index (χ2n) is 4.15. The SMILES string of the molecule is COc1cccc(CCN(C)C(=O)C(C)N)c1. The third-order valence-electron chi connectivity index (χ3n) is 2.64. The molecule has 1 aromatic carbocycles. The summed E-state index contributed by atoms with van der Waals surface area (Å²) < 4.78 is 5.15. The van der Waals surface area contributed by atoms with E-state index in [0.29, 0.717) is 6.54 Å². The summed E-state index contributed by atoms with van der Waals surface area (Å²) in [6.07, 6.45) is 0.798. The molecule has 4 heteroatoms. The van der Waals surface area contributed by atoms with Gasteiger partial charge in [0.2, 0.25) is 5.91 Å². The van der Waals surface area contributed by atoms with Crippen molar-refractivity contribution >= 4 is 5.91 Å². The second kappa shape index (κ2) is 6.25. The average Bonchev–Trinajstić information content (AvgIpc) is 2.35. The van der Waals surface area contributed by atoms with Crippen LogP contribution in [0.25, 0.3) is 0 Å². The molecule has 0 aliphatic rings. The van der Waals surface area contributed by atoms with Gasteiger partial charge in [-0.1, -0.05) is 12.1 Å². The maximum absolute atomic E-state index is 11.6. The molecule has 0 aliphatic heterocycles. The molecule has 94 valence electrons. The van der Waals surface area contributed by atoms with Crippen LogP contribution in [0.15, 0.2) is 24.3 Å². The lowest BCUT2D eigenvalue weighted by Crippen LogP contribution is -2.40. The van der Waals surface area contributed by atoms with Crippen molar-refractivity contribution in [1.82, 2.24) is 4.90 Å². The lowest BCUT2D eigenvalue weighted by molar-refractivity contribution is -0.130. The van der Waals surface area contributed by atoms with Gasteiger partial charge in [0.05, 0.1) is 13.2 Å². The molecule has 4 nitrogen and oxygen atoms in total. The van der Waals surface area contributed by atoms with Crippen LogP contribution in [0.1, 0.15) is 12.5 Å². The standard InChI is InChI=1S/C13H20N2O2/c1-10(14)13(16)15(2)8-7-11-5-4-6-12(9-11)17-3/h4-6,9-10H,7-8,14H2,1-3H3. The van der Waals surface area contributed by atoms with Gasteiger partial charge in [0.1, 0.15) is 5.75 Å². The summed E-state index contributed by atoms with van der Waals surface area (Å²) in [4.78, 5) is 13.2. The van der Waals surface area contributed by atoms with E-state index in [-0.39, 0.29) is 5.91 Å². The largest absolute Gasteiger partial charge is 0.497 e. The topological polar surface area (TPSA) is 55.6 Å². The third-order valence-corrected chi connectivity index (χ3v) is 2.64. The Balaban J connectivity index is 2.52. The monoisotopic (exact) mass is 236 g/mol. The molecule has 0 aromatic heterocycles. The molecular formula is C13H20N2O2. The van der Waals surface area contributed by atoms with Crippen LogP contribution < -0.4 is 10.5 Å². The number of rotatable bonds is 5. The number of carbonyl (C=O) groups is 1. The quantitative estimate of drug-likeness (QED) is 0.831.